The lowest BCUT2D eigenvalue weighted by molar-refractivity contribution is -0.142. The van der Waals surface area contributed by atoms with Crippen LogP contribution in [0.4, 0.5) is 17.6 Å². The molecule has 31 heavy (non-hydrogen) atoms. The number of hydrogen-bond donors (Lipinski definition) is 0. The van der Waals surface area contributed by atoms with Gasteiger partial charge in [0.15, 0.2) is 11.4 Å². The van der Waals surface area contributed by atoms with Crippen LogP contribution in [0.15, 0.2) is 36.4 Å². The summed E-state index contributed by atoms with van der Waals surface area (Å²) in [5.41, 5.74) is 0.662. The minimum Gasteiger partial charge on any atom is -0.293 e. The van der Waals surface area contributed by atoms with Crippen molar-refractivity contribution in [2.75, 3.05) is 13.1 Å². The second kappa shape index (κ2) is 8.03. The number of ketones is 1. The number of Topliss-reactive ketones (excluding diaryl/α,β-unsaturated/α-hetero) is 1. The Balaban J connectivity index is 1.56. The zero-order valence-electron chi connectivity index (χ0n) is 17.2. The third kappa shape index (κ3) is 4.19. The zero-order chi connectivity index (χ0) is 22.3. The molecule has 0 saturated carbocycles. The van der Waals surface area contributed by atoms with Crippen molar-refractivity contribution in [1.82, 2.24) is 19.5 Å². The molecule has 0 spiro atoms. The third-order valence-corrected chi connectivity index (χ3v) is 5.85. The summed E-state index contributed by atoms with van der Waals surface area (Å²) in [7, 11) is 0. The van der Waals surface area contributed by atoms with Gasteiger partial charge in [-0.2, -0.15) is 18.3 Å². The molecule has 0 N–H and O–H groups in total. The predicted octanol–water partition coefficient (Wildman–Crippen LogP) is 4.51. The van der Waals surface area contributed by atoms with E-state index in [4.69, 9.17) is 0 Å². The number of carbonyl (C=O) groups is 1. The molecule has 2 atom stereocenters. The van der Waals surface area contributed by atoms with Crippen LogP contribution >= 0.6 is 0 Å². The topological polar surface area (TPSA) is 50.5 Å². The van der Waals surface area contributed by atoms with Gasteiger partial charge in [0.05, 0.1) is 11.7 Å². The normalized spacial score (nSPS) is 18.6. The first-order chi connectivity index (χ1) is 14.7. The van der Waals surface area contributed by atoms with Crippen molar-refractivity contribution >= 4 is 11.4 Å². The van der Waals surface area contributed by atoms with Gasteiger partial charge in [-0.15, -0.1) is 0 Å². The van der Waals surface area contributed by atoms with Crippen molar-refractivity contribution in [3.05, 3.63) is 64.9 Å². The Kier molecular flexibility index (Phi) is 5.55. The van der Waals surface area contributed by atoms with Gasteiger partial charge >= 0.3 is 6.18 Å². The van der Waals surface area contributed by atoms with Gasteiger partial charge in [0, 0.05) is 29.8 Å². The maximum Gasteiger partial charge on any atom is 0.433 e. The number of alkyl halides is 3. The number of nitrogens with zero attached hydrogens (tertiary/aromatic N) is 4. The van der Waals surface area contributed by atoms with E-state index in [1.165, 1.54) is 24.3 Å². The highest BCUT2D eigenvalue weighted by Gasteiger charge is 2.36. The number of halogens is 4. The second-order valence-corrected chi connectivity index (χ2v) is 7.85. The summed E-state index contributed by atoms with van der Waals surface area (Å²) in [6, 6.07) is 7.63. The molecule has 5 nitrogen and oxygen atoms in total. The molecule has 9 heteroatoms. The number of aromatic nitrogens is 3. The molecule has 1 aliphatic rings. The highest BCUT2D eigenvalue weighted by Crippen LogP contribution is 2.33. The lowest BCUT2D eigenvalue weighted by Crippen LogP contribution is -2.37. The third-order valence-electron chi connectivity index (χ3n) is 5.85. The largest absolute Gasteiger partial charge is 0.433 e. The molecule has 1 aromatic carbocycles. The van der Waals surface area contributed by atoms with E-state index in [0.717, 1.165) is 10.6 Å². The minimum absolute atomic E-state index is 0.101. The highest BCUT2D eigenvalue weighted by molar-refractivity contribution is 5.99. The number of likely N-dealkylation sites (tertiary alicyclic amines) is 1. The van der Waals surface area contributed by atoms with Crippen LogP contribution in [-0.2, 0) is 12.6 Å². The summed E-state index contributed by atoms with van der Waals surface area (Å²) in [6.07, 6.45) is -3.47. The molecule has 0 bridgehead atoms. The van der Waals surface area contributed by atoms with Crippen molar-refractivity contribution in [1.29, 1.82) is 0 Å². The van der Waals surface area contributed by atoms with E-state index in [-0.39, 0.29) is 17.3 Å². The van der Waals surface area contributed by atoms with Crippen LogP contribution in [0.3, 0.4) is 0 Å². The molecule has 2 unspecified atom stereocenters. The molecular weight excluding hydrogens is 412 g/mol. The first-order valence-electron chi connectivity index (χ1n) is 10.2. The van der Waals surface area contributed by atoms with E-state index in [1.807, 2.05) is 4.90 Å². The molecule has 1 fully saturated rings. The standard InChI is InChI=1S/C22H22F4N4O/c1-3-17-10-19(22(24,25)26)30-20(27-17)11-18(28-30)15-8-9-29(12-15)13(2)21(31)14-4-6-16(23)7-5-14/h4-7,10-11,13,15H,3,8-9,12H2,1-2H3. The summed E-state index contributed by atoms with van der Waals surface area (Å²) in [5.74, 6) is -0.629. The molecule has 1 aliphatic heterocycles. The van der Waals surface area contributed by atoms with Gasteiger partial charge in [-0.1, -0.05) is 6.92 Å². The molecule has 3 aromatic rings. The van der Waals surface area contributed by atoms with Crippen molar-refractivity contribution in [3.8, 4) is 0 Å². The van der Waals surface area contributed by atoms with Crippen LogP contribution in [0.1, 0.15) is 53.6 Å². The Bertz CT molecular complexity index is 1110. The van der Waals surface area contributed by atoms with Crippen molar-refractivity contribution in [2.45, 2.75) is 44.8 Å². The number of hydrogen-bond acceptors (Lipinski definition) is 4. The molecule has 3 heterocycles. The molecular formula is C22H22F4N4O. The quantitative estimate of drug-likeness (QED) is 0.438. The summed E-state index contributed by atoms with van der Waals surface area (Å²) >= 11 is 0. The first kappa shape index (κ1) is 21.4. The molecule has 1 saturated heterocycles. The number of carbonyl (C=O) groups excluding carboxylic acids is 1. The predicted molar refractivity (Wildman–Crippen MR) is 106 cm³/mol. The Hall–Kier alpha value is -2.81. The lowest BCUT2D eigenvalue weighted by atomic mass is 10.0. The average Bonchev–Trinajstić information content (AvgIpc) is 3.38. The van der Waals surface area contributed by atoms with E-state index in [9.17, 15) is 22.4 Å². The van der Waals surface area contributed by atoms with Gasteiger partial charge in [0.25, 0.3) is 0 Å². The number of benzene rings is 1. The SMILES string of the molecule is CCc1cc(C(F)(F)F)n2nc(C3CCN(C(C)C(=O)c4ccc(F)cc4)C3)cc2n1. The van der Waals surface area contributed by atoms with E-state index in [1.54, 1.807) is 19.9 Å². The minimum atomic E-state index is -4.54. The van der Waals surface area contributed by atoms with Crippen molar-refractivity contribution in [2.24, 2.45) is 0 Å². The molecule has 0 radical (unpaired) electrons. The summed E-state index contributed by atoms with van der Waals surface area (Å²) in [4.78, 5) is 19.0. The Labute approximate surface area is 176 Å². The van der Waals surface area contributed by atoms with E-state index >= 15 is 0 Å². The van der Waals surface area contributed by atoms with Gasteiger partial charge in [-0.05, 0) is 56.6 Å². The summed E-state index contributed by atoms with van der Waals surface area (Å²) in [5, 5.41) is 4.22. The van der Waals surface area contributed by atoms with Gasteiger partial charge in [0.2, 0.25) is 0 Å². The van der Waals surface area contributed by atoms with Crippen LogP contribution in [-0.4, -0.2) is 44.4 Å². The Morgan fingerprint density at radius 2 is 1.94 bits per heavy atom. The monoisotopic (exact) mass is 434 g/mol. The van der Waals surface area contributed by atoms with Gasteiger partial charge < -0.3 is 0 Å². The highest BCUT2D eigenvalue weighted by atomic mass is 19.4. The number of rotatable bonds is 5. The molecule has 0 aliphatic carbocycles. The summed E-state index contributed by atoms with van der Waals surface area (Å²) in [6.45, 7) is 4.66. The van der Waals surface area contributed by atoms with Crippen molar-refractivity contribution < 1.29 is 22.4 Å². The van der Waals surface area contributed by atoms with Crippen molar-refractivity contribution in [3.63, 3.8) is 0 Å². The maximum absolute atomic E-state index is 13.5. The van der Waals surface area contributed by atoms with Gasteiger partial charge in [0.1, 0.15) is 11.5 Å². The molecule has 0 amide bonds. The van der Waals surface area contributed by atoms with E-state index in [2.05, 4.69) is 10.1 Å². The number of aryl methyl sites for hydroxylation is 1. The second-order valence-electron chi connectivity index (χ2n) is 7.85. The van der Waals surface area contributed by atoms with Crippen LogP contribution in [0.2, 0.25) is 0 Å². The van der Waals surface area contributed by atoms with E-state index in [0.29, 0.717) is 42.9 Å². The van der Waals surface area contributed by atoms with Crippen LogP contribution in [0.5, 0.6) is 0 Å². The van der Waals surface area contributed by atoms with E-state index < -0.39 is 23.7 Å². The van der Waals surface area contributed by atoms with Crippen LogP contribution < -0.4 is 0 Å². The zero-order valence-corrected chi connectivity index (χ0v) is 17.2. The fourth-order valence-corrected chi connectivity index (χ4v) is 4.03. The molecule has 164 valence electrons. The lowest BCUT2D eigenvalue weighted by Gasteiger charge is -2.23. The fourth-order valence-electron chi connectivity index (χ4n) is 4.03. The Morgan fingerprint density at radius 3 is 2.58 bits per heavy atom. The van der Waals surface area contributed by atoms with Gasteiger partial charge in [-0.25, -0.2) is 13.9 Å². The smallest absolute Gasteiger partial charge is 0.293 e. The van der Waals surface area contributed by atoms with Crippen LogP contribution in [0.25, 0.3) is 5.65 Å². The maximum atomic E-state index is 13.5. The Morgan fingerprint density at radius 1 is 1.23 bits per heavy atom. The first-order valence-corrected chi connectivity index (χ1v) is 10.2. The van der Waals surface area contributed by atoms with Gasteiger partial charge in [-0.3, -0.25) is 9.69 Å². The van der Waals surface area contributed by atoms with Crippen LogP contribution in [0, 0.1) is 5.82 Å². The molecule has 4 rings (SSSR count). The summed E-state index contributed by atoms with van der Waals surface area (Å²) < 4.78 is 54.5. The molecule has 2 aromatic heterocycles. The average molecular weight is 434 g/mol. The fraction of sp³-hybridized carbons (Fsp3) is 0.409. The number of fused-ring (bicyclic) bond motifs is 1.